The van der Waals surface area contributed by atoms with Crippen molar-refractivity contribution < 1.29 is 0 Å². The van der Waals surface area contributed by atoms with Crippen molar-refractivity contribution in [3.8, 4) is 33.4 Å². The Morgan fingerprint density at radius 1 is 0.281 bits per heavy atom. The molecule has 0 saturated carbocycles. The van der Waals surface area contributed by atoms with Gasteiger partial charge in [0.05, 0.1) is 11.1 Å². The average molecular weight is 817 g/mol. The molecule has 0 heterocycles. The molecule has 10 aromatic rings. The number of hydrogen-bond acceptors (Lipinski definition) is 2. The lowest BCUT2D eigenvalue weighted by Crippen LogP contribution is -2.26. The molecule has 1 unspecified atom stereocenters. The van der Waals surface area contributed by atoms with E-state index in [0.717, 1.165) is 34.1 Å². The number of anilines is 6. The van der Waals surface area contributed by atoms with Crippen molar-refractivity contribution >= 4 is 44.9 Å². The van der Waals surface area contributed by atoms with E-state index in [1.54, 1.807) is 0 Å². The number of para-hydroxylation sites is 2. The van der Waals surface area contributed by atoms with Gasteiger partial charge in [0.15, 0.2) is 0 Å². The SMILES string of the molecule is CC1(C)c2ccccc2-c2ccc(N(c3ccc4c(c3)C3(c5ccccc5-c5ccc(N(c6ccccc6)c6ccccc6)cc53)c3ccccc3-4)c3cccc4ccccc34)cc21. The van der Waals surface area contributed by atoms with Crippen LogP contribution >= 0.6 is 0 Å². The summed E-state index contributed by atoms with van der Waals surface area (Å²) in [4.78, 5) is 4.91. The van der Waals surface area contributed by atoms with Gasteiger partial charge in [0, 0.05) is 39.2 Å². The first-order valence-corrected chi connectivity index (χ1v) is 22.4. The van der Waals surface area contributed by atoms with Gasteiger partial charge in [-0.1, -0.05) is 178 Å². The third-order valence-electron chi connectivity index (χ3n) is 14.4. The minimum absolute atomic E-state index is 0.141. The average Bonchev–Trinajstić information content (AvgIpc) is 3.90. The summed E-state index contributed by atoms with van der Waals surface area (Å²) in [5.74, 6) is 0. The lowest BCUT2D eigenvalue weighted by atomic mass is 9.70. The summed E-state index contributed by atoms with van der Waals surface area (Å²) in [5.41, 5.74) is 21.9. The van der Waals surface area contributed by atoms with Crippen LogP contribution in [-0.4, -0.2) is 0 Å². The van der Waals surface area contributed by atoms with Crippen LogP contribution in [0.5, 0.6) is 0 Å². The minimum atomic E-state index is -0.561. The quantitative estimate of drug-likeness (QED) is 0.165. The van der Waals surface area contributed by atoms with Crippen molar-refractivity contribution in [2.75, 3.05) is 9.80 Å². The van der Waals surface area contributed by atoms with Gasteiger partial charge < -0.3 is 9.80 Å². The zero-order chi connectivity index (χ0) is 42.6. The number of rotatable bonds is 6. The van der Waals surface area contributed by atoms with E-state index < -0.39 is 5.41 Å². The summed E-state index contributed by atoms with van der Waals surface area (Å²) in [6.45, 7) is 4.75. The lowest BCUT2D eigenvalue weighted by Gasteiger charge is -2.33. The molecule has 64 heavy (non-hydrogen) atoms. The van der Waals surface area contributed by atoms with Gasteiger partial charge in [0.2, 0.25) is 0 Å². The summed E-state index contributed by atoms with van der Waals surface area (Å²) < 4.78 is 0. The van der Waals surface area contributed by atoms with Crippen LogP contribution in [0.2, 0.25) is 0 Å². The number of benzene rings is 10. The standard InChI is InChI=1S/C62H44N2/c1-61(2)54-28-14-11-25-48(54)51-35-33-45(38-57(51)61)64(60-31-17-19-41-18-9-10-24-47(41)60)46-34-37-53-50-27-13-16-30-56(50)62(59(53)40-46)55-29-15-12-26-49(55)52-36-32-44(39-58(52)62)63(42-20-5-3-6-21-42)43-22-7-4-8-23-43/h3-40H,1-2H3. The first kappa shape index (κ1) is 36.7. The Balaban J connectivity index is 1.08. The van der Waals surface area contributed by atoms with E-state index in [1.165, 1.54) is 77.5 Å². The van der Waals surface area contributed by atoms with Gasteiger partial charge in [0.1, 0.15) is 0 Å². The van der Waals surface area contributed by atoms with Crippen molar-refractivity contribution in [3.63, 3.8) is 0 Å². The van der Waals surface area contributed by atoms with Crippen molar-refractivity contribution in [3.05, 3.63) is 264 Å². The summed E-state index contributed by atoms with van der Waals surface area (Å²) in [7, 11) is 0. The van der Waals surface area contributed by atoms with Gasteiger partial charge >= 0.3 is 0 Å². The Bertz CT molecular complexity index is 3440. The van der Waals surface area contributed by atoms with Crippen LogP contribution < -0.4 is 9.80 Å². The third kappa shape index (κ3) is 5.08. The van der Waals surface area contributed by atoms with Gasteiger partial charge in [-0.15, -0.1) is 0 Å². The minimum Gasteiger partial charge on any atom is -0.310 e. The Hall–Kier alpha value is -7.94. The van der Waals surface area contributed by atoms with Crippen molar-refractivity contribution in [2.24, 2.45) is 0 Å². The first-order valence-electron chi connectivity index (χ1n) is 22.4. The Kier molecular flexibility index (Phi) is 7.90. The topological polar surface area (TPSA) is 6.48 Å². The molecular weight excluding hydrogens is 773 g/mol. The first-order chi connectivity index (χ1) is 31.5. The highest BCUT2D eigenvalue weighted by molar-refractivity contribution is 6.01. The lowest BCUT2D eigenvalue weighted by molar-refractivity contribution is 0.660. The van der Waals surface area contributed by atoms with Crippen molar-refractivity contribution in [2.45, 2.75) is 24.7 Å². The van der Waals surface area contributed by atoms with E-state index in [-0.39, 0.29) is 5.41 Å². The largest absolute Gasteiger partial charge is 0.310 e. The summed E-state index contributed by atoms with van der Waals surface area (Å²) >= 11 is 0. The third-order valence-corrected chi connectivity index (χ3v) is 14.4. The maximum absolute atomic E-state index is 2.52. The van der Waals surface area contributed by atoms with E-state index in [2.05, 4.69) is 254 Å². The monoisotopic (exact) mass is 816 g/mol. The van der Waals surface area contributed by atoms with E-state index >= 15 is 0 Å². The van der Waals surface area contributed by atoms with Crippen LogP contribution in [0.15, 0.2) is 231 Å². The zero-order valence-corrected chi connectivity index (χ0v) is 35.8. The predicted molar refractivity (Wildman–Crippen MR) is 267 cm³/mol. The molecule has 0 amide bonds. The molecule has 302 valence electrons. The van der Waals surface area contributed by atoms with Gasteiger partial charge in [-0.3, -0.25) is 0 Å². The molecular formula is C62H44N2. The van der Waals surface area contributed by atoms with E-state index in [9.17, 15) is 0 Å². The molecule has 2 heteroatoms. The van der Waals surface area contributed by atoms with Gasteiger partial charge in [-0.2, -0.15) is 0 Å². The fourth-order valence-electron chi connectivity index (χ4n) is 11.7. The van der Waals surface area contributed by atoms with E-state index in [1.807, 2.05) is 0 Å². The predicted octanol–water partition coefficient (Wildman–Crippen LogP) is 16.4. The molecule has 10 aromatic carbocycles. The second-order valence-electron chi connectivity index (χ2n) is 18.0. The molecule has 0 fully saturated rings. The second-order valence-corrected chi connectivity index (χ2v) is 18.0. The molecule has 0 saturated heterocycles. The van der Waals surface area contributed by atoms with Crippen LogP contribution in [0.3, 0.4) is 0 Å². The fraction of sp³-hybridized carbons (Fsp3) is 0.0645. The van der Waals surface area contributed by atoms with Crippen LogP contribution in [0.1, 0.15) is 47.2 Å². The maximum atomic E-state index is 2.52. The van der Waals surface area contributed by atoms with Crippen molar-refractivity contribution in [1.29, 1.82) is 0 Å². The molecule has 0 bridgehead atoms. The van der Waals surface area contributed by atoms with Crippen molar-refractivity contribution in [1.82, 2.24) is 0 Å². The Labute approximate surface area is 375 Å². The highest BCUT2D eigenvalue weighted by atomic mass is 15.1. The molecule has 3 aliphatic carbocycles. The van der Waals surface area contributed by atoms with Crippen LogP contribution in [0, 0.1) is 0 Å². The maximum Gasteiger partial charge on any atom is 0.0727 e. The molecule has 0 radical (unpaired) electrons. The molecule has 3 aliphatic rings. The number of nitrogens with zero attached hydrogens (tertiary/aromatic N) is 2. The Morgan fingerprint density at radius 3 is 1.27 bits per heavy atom. The molecule has 13 rings (SSSR count). The van der Waals surface area contributed by atoms with Gasteiger partial charge in [-0.25, -0.2) is 0 Å². The molecule has 0 aromatic heterocycles. The van der Waals surface area contributed by atoms with Crippen LogP contribution in [0.4, 0.5) is 34.1 Å². The number of hydrogen-bond donors (Lipinski definition) is 0. The summed E-state index contributed by atoms with van der Waals surface area (Å²) in [5, 5.41) is 2.44. The highest BCUT2D eigenvalue weighted by Crippen LogP contribution is 2.64. The van der Waals surface area contributed by atoms with E-state index in [4.69, 9.17) is 0 Å². The van der Waals surface area contributed by atoms with Gasteiger partial charge in [0.25, 0.3) is 0 Å². The number of fused-ring (bicyclic) bond motifs is 14. The molecule has 0 aliphatic heterocycles. The van der Waals surface area contributed by atoms with Crippen LogP contribution in [-0.2, 0) is 10.8 Å². The highest BCUT2D eigenvalue weighted by Gasteiger charge is 2.52. The van der Waals surface area contributed by atoms with Gasteiger partial charge in [-0.05, 0) is 139 Å². The summed E-state index contributed by atoms with van der Waals surface area (Å²) in [6, 6.07) is 85.8. The van der Waals surface area contributed by atoms with Crippen LogP contribution in [0.25, 0.3) is 44.2 Å². The normalized spacial score (nSPS) is 15.5. The Morgan fingerprint density at radius 2 is 0.688 bits per heavy atom. The second kappa shape index (κ2) is 13.8. The zero-order valence-electron chi connectivity index (χ0n) is 35.8. The fourth-order valence-corrected chi connectivity index (χ4v) is 11.7. The van der Waals surface area contributed by atoms with E-state index in [0.29, 0.717) is 0 Å². The molecule has 2 nitrogen and oxygen atoms in total. The molecule has 1 atom stereocenters. The molecule has 0 N–H and O–H groups in total. The smallest absolute Gasteiger partial charge is 0.0727 e. The summed E-state index contributed by atoms with van der Waals surface area (Å²) in [6.07, 6.45) is 0. The molecule has 1 spiro atoms.